The first kappa shape index (κ1) is 19.3. The van der Waals surface area contributed by atoms with Gasteiger partial charge in [0.05, 0.1) is 13.4 Å². The molecule has 0 fully saturated rings. The van der Waals surface area contributed by atoms with Crippen LogP contribution in [0, 0.1) is 6.92 Å². The van der Waals surface area contributed by atoms with Gasteiger partial charge in [-0.05, 0) is 36.2 Å². The maximum Gasteiger partial charge on any atom is 0.157 e. The molecule has 1 heterocycles. The van der Waals surface area contributed by atoms with Gasteiger partial charge in [-0.15, -0.1) is 0 Å². The molecule has 1 aromatic heterocycles. The highest BCUT2D eigenvalue weighted by atomic mass is 31.2. The Labute approximate surface area is 171 Å². The van der Waals surface area contributed by atoms with Crippen LogP contribution in [0.3, 0.4) is 0 Å². The van der Waals surface area contributed by atoms with Gasteiger partial charge in [-0.3, -0.25) is 0 Å². The highest BCUT2D eigenvalue weighted by Crippen LogP contribution is 2.60. The van der Waals surface area contributed by atoms with Gasteiger partial charge in [0.2, 0.25) is 0 Å². The molecule has 4 aromatic rings. The van der Waals surface area contributed by atoms with Crippen molar-refractivity contribution in [3.8, 4) is 5.75 Å². The molecule has 4 heteroatoms. The Morgan fingerprint density at radius 1 is 0.828 bits per heavy atom. The van der Waals surface area contributed by atoms with Crippen LogP contribution in [0.25, 0.3) is 0 Å². The van der Waals surface area contributed by atoms with Gasteiger partial charge in [0.1, 0.15) is 17.2 Å². The summed E-state index contributed by atoms with van der Waals surface area (Å²) in [5.74, 6) is 1.46. The number of rotatable bonds is 6. The Morgan fingerprint density at radius 3 is 1.83 bits per heavy atom. The fourth-order valence-corrected chi connectivity index (χ4v) is 6.89. The van der Waals surface area contributed by atoms with Crippen LogP contribution in [0.2, 0.25) is 0 Å². The van der Waals surface area contributed by atoms with Crippen molar-refractivity contribution in [2.24, 2.45) is 0 Å². The van der Waals surface area contributed by atoms with Gasteiger partial charge in [-0.2, -0.15) is 0 Å². The van der Waals surface area contributed by atoms with Crippen LogP contribution < -0.4 is 15.3 Å². The Balaban J connectivity index is 1.99. The molecular weight excluding hydrogens is 379 g/mol. The van der Waals surface area contributed by atoms with E-state index >= 15 is 0 Å². The fourth-order valence-electron chi connectivity index (χ4n) is 3.68. The van der Waals surface area contributed by atoms with Crippen molar-refractivity contribution >= 4 is 17.8 Å². The Morgan fingerprint density at radius 2 is 1.38 bits per heavy atom. The molecule has 3 aromatic carbocycles. The molecule has 0 N–H and O–H groups in total. The third-order valence-electron chi connectivity index (χ3n) is 5.10. The molecule has 146 valence electrons. The van der Waals surface area contributed by atoms with Gasteiger partial charge in [-0.25, -0.2) is 0 Å². The van der Waals surface area contributed by atoms with E-state index in [4.69, 9.17) is 9.15 Å². The summed E-state index contributed by atoms with van der Waals surface area (Å²) in [6, 6.07) is 29.1. The standard InChI is InChI=1S/C25H23O3P/c1-19-17-24(28-18-19)25(20-13-15-21(27-2)16-14-20)29(26,22-9-5-3-6-10-22)23-11-7-4-8-12-23/h3-18,25H,1-2H3. The molecule has 0 radical (unpaired) electrons. The smallest absolute Gasteiger partial charge is 0.157 e. The third kappa shape index (κ3) is 3.66. The monoisotopic (exact) mass is 402 g/mol. The largest absolute Gasteiger partial charge is 0.497 e. The summed E-state index contributed by atoms with van der Waals surface area (Å²) in [4.78, 5) is 0. The Hall–Kier alpha value is -3.03. The number of hydrogen-bond acceptors (Lipinski definition) is 3. The maximum absolute atomic E-state index is 15.0. The average Bonchev–Trinajstić information content (AvgIpc) is 3.21. The molecule has 0 bridgehead atoms. The summed E-state index contributed by atoms with van der Waals surface area (Å²) in [6.45, 7) is 1.98. The topological polar surface area (TPSA) is 39.4 Å². The molecule has 0 saturated heterocycles. The fraction of sp³-hybridized carbons (Fsp3) is 0.120. The van der Waals surface area contributed by atoms with Crippen LogP contribution in [-0.4, -0.2) is 7.11 Å². The first-order valence-corrected chi connectivity index (χ1v) is 11.3. The van der Waals surface area contributed by atoms with Crippen molar-refractivity contribution in [3.63, 3.8) is 0 Å². The van der Waals surface area contributed by atoms with E-state index in [0.717, 1.165) is 27.5 Å². The number of ether oxygens (including phenoxy) is 1. The van der Waals surface area contributed by atoms with Crippen LogP contribution in [-0.2, 0) is 4.57 Å². The van der Waals surface area contributed by atoms with Gasteiger partial charge in [0.25, 0.3) is 0 Å². The van der Waals surface area contributed by atoms with Crippen molar-refractivity contribution < 1.29 is 13.7 Å². The van der Waals surface area contributed by atoms with Crippen LogP contribution in [0.4, 0.5) is 0 Å². The van der Waals surface area contributed by atoms with Gasteiger partial charge in [0, 0.05) is 10.6 Å². The highest BCUT2D eigenvalue weighted by Gasteiger charge is 2.40. The molecule has 1 unspecified atom stereocenters. The van der Waals surface area contributed by atoms with Crippen molar-refractivity contribution in [2.75, 3.05) is 7.11 Å². The lowest BCUT2D eigenvalue weighted by Crippen LogP contribution is -2.22. The van der Waals surface area contributed by atoms with E-state index in [1.807, 2.05) is 97.9 Å². The maximum atomic E-state index is 15.0. The number of benzene rings is 3. The Bertz CT molecular complexity index is 1070. The molecule has 0 amide bonds. The minimum atomic E-state index is -3.12. The lowest BCUT2D eigenvalue weighted by atomic mass is 10.1. The quantitative estimate of drug-likeness (QED) is 0.388. The molecule has 3 nitrogen and oxygen atoms in total. The van der Waals surface area contributed by atoms with E-state index in [2.05, 4.69) is 0 Å². The molecule has 29 heavy (non-hydrogen) atoms. The van der Waals surface area contributed by atoms with E-state index in [0.29, 0.717) is 5.76 Å². The average molecular weight is 402 g/mol. The lowest BCUT2D eigenvalue weighted by molar-refractivity contribution is 0.414. The molecule has 0 aliphatic heterocycles. The third-order valence-corrected chi connectivity index (χ3v) is 8.51. The molecule has 0 saturated carbocycles. The highest BCUT2D eigenvalue weighted by molar-refractivity contribution is 7.79. The minimum absolute atomic E-state index is 0.438. The summed E-state index contributed by atoms with van der Waals surface area (Å²) < 4.78 is 26.2. The van der Waals surface area contributed by atoms with Crippen LogP contribution in [0.5, 0.6) is 5.75 Å². The summed E-state index contributed by atoms with van der Waals surface area (Å²) in [5.41, 5.74) is 1.49. The number of hydrogen-bond donors (Lipinski definition) is 0. The molecule has 0 aliphatic rings. The van der Waals surface area contributed by atoms with Crippen LogP contribution in [0.1, 0.15) is 22.5 Å². The number of furan rings is 1. The molecule has 4 rings (SSSR count). The molecule has 0 spiro atoms. The van der Waals surface area contributed by atoms with Gasteiger partial charge < -0.3 is 13.7 Å². The number of aryl methyl sites for hydroxylation is 1. The van der Waals surface area contributed by atoms with Gasteiger partial charge >= 0.3 is 0 Å². The minimum Gasteiger partial charge on any atom is -0.497 e. The van der Waals surface area contributed by atoms with E-state index in [-0.39, 0.29) is 0 Å². The Kier molecular flexibility index (Phi) is 5.42. The van der Waals surface area contributed by atoms with Crippen molar-refractivity contribution in [1.82, 2.24) is 0 Å². The van der Waals surface area contributed by atoms with E-state index < -0.39 is 12.8 Å². The summed E-state index contributed by atoms with van der Waals surface area (Å²) >= 11 is 0. The predicted octanol–water partition coefficient (Wildman–Crippen LogP) is 5.70. The SMILES string of the molecule is COc1ccc(C(c2cc(C)co2)P(=O)(c2ccccc2)c2ccccc2)cc1. The van der Waals surface area contributed by atoms with Gasteiger partial charge in [0.15, 0.2) is 7.14 Å². The zero-order valence-corrected chi connectivity index (χ0v) is 17.4. The van der Waals surface area contributed by atoms with E-state index in [1.54, 1.807) is 13.4 Å². The zero-order chi connectivity index (χ0) is 20.3. The summed E-state index contributed by atoms with van der Waals surface area (Å²) in [6.07, 6.45) is 1.71. The van der Waals surface area contributed by atoms with Gasteiger partial charge in [-0.1, -0.05) is 72.8 Å². The van der Waals surface area contributed by atoms with Crippen molar-refractivity contribution in [3.05, 3.63) is 114 Å². The van der Waals surface area contributed by atoms with Crippen LogP contribution >= 0.6 is 7.14 Å². The molecule has 1 atom stereocenters. The predicted molar refractivity (Wildman–Crippen MR) is 118 cm³/mol. The van der Waals surface area contributed by atoms with E-state index in [9.17, 15) is 4.57 Å². The molecular formula is C25H23O3P. The van der Waals surface area contributed by atoms with E-state index in [1.165, 1.54) is 0 Å². The first-order valence-electron chi connectivity index (χ1n) is 9.53. The second-order valence-corrected chi connectivity index (χ2v) is 9.90. The first-order chi connectivity index (χ1) is 14.1. The van der Waals surface area contributed by atoms with Crippen molar-refractivity contribution in [1.29, 1.82) is 0 Å². The van der Waals surface area contributed by atoms with Crippen molar-refractivity contribution in [2.45, 2.75) is 12.6 Å². The second kappa shape index (κ2) is 8.14. The summed E-state index contributed by atoms with van der Waals surface area (Å²) in [7, 11) is -1.48. The molecule has 0 aliphatic carbocycles. The number of methoxy groups -OCH3 is 1. The summed E-state index contributed by atoms with van der Waals surface area (Å²) in [5, 5.41) is 1.61. The lowest BCUT2D eigenvalue weighted by Gasteiger charge is -2.28. The normalized spacial score (nSPS) is 12.5. The second-order valence-electron chi connectivity index (χ2n) is 7.03. The van der Waals surface area contributed by atoms with Crippen LogP contribution in [0.15, 0.2) is 102 Å². The zero-order valence-electron chi connectivity index (χ0n) is 16.5.